The minimum Gasteiger partial charge on any atom is -0.373 e. The van der Waals surface area contributed by atoms with Gasteiger partial charge in [-0.25, -0.2) is 0 Å². The number of rotatable bonds is 6. The third kappa shape index (κ3) is 2.96. The van der Waals surface area contributed by atoms with E-state index in [2.05, 4.69) is 13.8 Å². The van der Waals surface area contributed by atoms with Crippen LogP contribution in [-0.4, -0.2) is 18.8 Å². The summed E-state index contributed by atoms with van der Waals surface area (Å²) in [7, 11) is 0. The smallest absolute Gasteiger partial charge is 0.0804 e. The molecule has 0 aliphatic heterocycles. The first-order chi connectivity index (χ1) is 6.76. The molecule has 1 saturated carbocycles. The zero-order chi connectivity index (χ0) is 10.4. The molecule has 1 aliphatic rings. The Labute approximate surface area is 88.2 Å². The molecule has 84 valence electrons. The largest absolute Gasteiger partial charge is 0.373 e. The van der Waals surface area contributed by atoms with Crippen LogP contribution in [0.4, 0.5) is 0 Å². The molecule has 1 rings (SSSR count). The molecule has 2 nitrogen and oxygen atoms in total. The number of nitrogens with two attached hydrogens (primary N) is 1. The van der Waals surface area contributed by atoms with Crippen LogP contribution in [0, 0.1) is 5.92 Å². The van der Waals surface area contributed by atoms with Crippen LogP contribution in [0.15, 0.2) is 0 Å². The summed E-state index contributed by atoms with van der Waals surface area (Å²) in [6.45, 7) is 6.08. The van der Waals surface area contributed by atoms with Crippen LogP contribution in [-0.2, 0) is 4.74 Å². The Kier molecular flexibility index (Phi) is 4.90. The van der Waals surface area contributed by atoms with E-state index < -0.39 is 0 Å². The highest BCUT2D eigenvalue weighted by Gasteiger charge is 2.33. The van der Waals surface area contributed by atoms with Crippen LogP contribution >= 0.6 is 0 Å². The molecule has 1 aliphatic carbocycles. The maximum absolute atomic E-state index is 6.06. The average molecular weight is 199 g/mol. The fourth-order valence-corrected chi connectivity index (χ4v) is 2.25. The molecule has 0 bridgehead atoms. The van der Waals surface area contributed by atoms with Crippen LogP contribution in [0.1, 0.15) is 52.4 Å². The van der Waals surface area contributed by atoms with Crippen molar-refractivity contribution in [3.05, 3.63) is 0 Å². The zero-order valence-electron chi connectivity index (χ0n) is 9.72. The first kappa shape index (κ1) is 12.0. The molecule has 0 aromatic carbocycles. The van der Waals surface area contributed by atoms with Crippen molar-refractivity contribution in [2.45, 2.75) is 58.0 Å². The van der Waals surface area contributed by atoms with Crippen molar-refractivity contribution >= 4 is 0 Å². The van der Waals surface area contributed by atoms with E-state index in [-0.39, 0.29) is 5.60 Å². The van der Waals surface area contributed by atoms with Crippen molar-refractivity contribution in [1.82, 2.24) is 0 Å². The normalized spacial score (nSPS) is 20.6. The zero-order valence-corrected chi connectivity index (χ0v) is 9.72. The molecule has 0 unspecified atom stereocenters. The SMILES string of the molecule is CCC(CC)COC1(CN)CCCC1. The third-order valence-corrected chi connectivity index (χ3v) is 3.67. The van der Waals surface area contributed by atoms with E-state index >= 15 is 0 Å². The molecule has 14 heavy (non-hydrogen) atoms. The second-order valence-electron chi connectivity index (χ2n) is 4.59. The molecule has 1 fully saturated rings. The molecule has 0 atom stereocenters. The summed E-state index contributed by atoms with van der Waals surface area (Å²) in [5.41, 5.74) is 5.86. The summed E-state index contributed by atoms with van der Waals surface area (Å²) in [6.07, 6.45) is 7.36. The van der Waals surface area contributed by atoms with Crippen LogP contribution < -0.4 is 5.73 Å². The van der Waals surface area contributed by atoms with Crippen LogP contribution in [0.5, 0.6) is 0 Å². The molecule has 0 saturated heterocycles. The first-order valence-corrected chi connectivity index (χ1v) is 6.10. The van der Waals surface area contributed by atoms with Gasteiger partial charge < -0.3 is 10.5 Å². The summed E-state index contributed by atoms with van der Waals surface area (Å²) < 4.78 is 6.06. The summed E-state index contributed by atoms with van der Waals surface area (Å²) >= 11 is 0. The van der Waals surface area contributed by atoms with E-state index in [9.17, 15) is 0 Å². The molecule has 0 radical (unpaired) electrons. The van der Waals surface area contributed by atoms with Gasteiger partial charge in [-0.15, -0.1) is 0 Å². The highest BCUT2D eigenvalue weighted by Crippen LogP contribution is 2.32. The van der Waals surface area contributed by atoms with Crippen LogP contribution in [0.25, 0.3) is 0 Å². The molecule has 2 N–H and O–H groups in total. The minimum absolute atomic E-state index is 0.0442. The van der Waals surface area contributed by atoms with Gasteiger partial charge in [-0.3, -0.25) is 0 Å². The Bertz CT molecular complexity index is 148. The van der Waals surface area contributed by atoms with Crippen molar-refractivity contribution in [2.75, 3.05) is 13.2 Å². The van der Waals surface area contributed by atoms with Gasteiger partial charge >= 0.3 is 0 Å². The van der Waals surface area contributed by atoms with Gasteiger partial charge in [-0.05, 0) is 18.8 Å². The molecule has 0 aromatic heterocycles. The van der Waals surface area contributed by atoms with E-state index in [1.807, 2.05) is 0 Å². The van der Waals surface area contributed by atoms with Crippen molar-refractivity contribution in [2.24, 2.45) is 11.7 Å². The maximum Gasteiger partial charge on any atom is 0.0804 e. The van der Waals surface area contributed by atoms with Gasteiger partial charge in [0, 0.05) is 6.54 Å². The molecular formula is C12H25NO. The average Bonchev–Trinajstić information content (AvgIpc) is 2.69. The van der Waals surface area contributed by atoms with Gasteiger partial charge in [-0.1, -0.05) is 39.5 Å². The maximum atomic E-state index is 6.06. The Morgan fingerprint density at radius 2 is 1.79 bits per heavy atom. The van der Waals surface area contributed by atoms with E-state index in [0.717, 1.165) is 12.5 Å². The molecule has 2 heteroatoms. The highest BCUT2D eigenvalue weighted by molar-refractivity contribution is 4.87. The van der Waals surface area contributed by atoms with E-state index in [1.54, 1.807) is 0 Å². The molecule has 0 spiro atoms. The van der Waals surface area contributed by atoms with Gasteiger partial charge in [0.15, 0.2) is 0 Å². The molecule has 0 aromatic rings. The topological polar surface area (TPSA) is 35.2 Å². The Morgan fingerprint density at radius 1 is 1.21 bits per heavy atom. The van der Waals surface area contributed by atoms with Gasteiger partial charge in [0.1, 0.15) is 0 Å². The standard InChI is InChI=1S/C12H25NO/c1-3-11(4-2)9-14-12(10-13)7-5-6-8-12/h11H,3-10,13H2,1-2H3. The fraction of sp³-hybridized carbons (Fsp3) is 1.00. The highest BCUT2D eigenvalue weighted by atomic mass is 16.5. The van der Waals surface area contributed by atoms with Crippen molar-refractivity contribution in [1.29, 1.82) is 0 Å². The van der Waals surface area contributed by atoms with Crippen molar-refractivity contribution < 1.29 is 4.74 Å². The molecule has 0 amide bonds. The van der Waals surface area contributed by atoms with Crippen molar-refractivity contribution in [3.8, 4) is 0 Å². The van der Waals surface area contributed by atoms with E-state index in [4.69, 9.17) is 10.5 Å². The lowest BCUT2D eigenvalue weighted by Crippen LogP contribution is -2.39. The summed E-state index contributed by atoms with van der Waals surface area (Å²) in [6, 6.07) is 0. The lowest BCUT2D eigenvalue weighted by molar-refractivity contribution is -0.0508. The Morgan fingerprint density at radius 3 is 2.21 bits per heavy atom. The number of hydrogen-bond donors (Lipinski definition) is 1. The summed E-state index contributed by atoms with van der Waals surface area (Å²) in [5, 5.41) is 0. The Hall–Kier alpha value is -0.0800. The Balaban J connectivity index is 2.33. The van der Waals surface area contributed by atoms with Crippen LogP contribution in [0.2, 0.25) is 0 Å². The summed E-state index contributed by atoms with van der Waals surface area (Å²) in [4.78, 5) is 0. The van der Waals surface area contributed by atoms with E-state index in [1.165, 1.54) is 38.5 Å². The van der Waals surface area contributed by atoms with Gasteiger partial charge in [0.25, 0.3) is 0 Å². The predicted octanol–water partition coefficient (Wildman–Crippen LogP) is 2.71. The fourth-order valence-electron chi connectivity index (χ4n) is 2.25. The van der Waals surface area contributed by atoms with Gasteiger partial charge in [-0.2, -0.15) is 0 Å². The molecule has 0 heterocycles. The van der Waals surface area contributed by atoms with Gasteiger partial charge in [0.05, 0.1) is 12.2 Å². The molecular weight excluding hydrogens is 174 g/mol. The van der Waals surface area contributed by atoms with Gasteiger partial charge in [0.2, 0.25) is 0 Å². The number of hydrogen-bond acceptors (Lipinski definition) is 2. The minimum atomic E-state index is 0.0442. The predicted molar refractivity (Wildman–Crippen MR) is 60.3 cm³/mol. The lowest BCUT2D eigenvalue weighted by Gasteiger charge is -2.29. The quantitative estimate of drug-likeness (QED) is 0.714. The second-order valence-corrected chi connectivity index (χ2v) is 4.59. The monoisotopic (exact) mass is 199 g/mol. The second kappa shape index (κ2) is 5.72. The van der Waals surface area contributed by atoms with Crippen molar-refractivity contribution in [3.63, 3.8) is 0 Å². The van der Waals surface area contributed by atoms with Crippen LogP contribution in [0.3, 0.4) is 0 Å². The summed E-state index contributed by atoms with van der Waals surface area (Å²) in [5.74, 6) is 0.721. The van der Waals surface area contributed by atoms with E-state index in [0.29, 0.717) is 6.54 Å². The lowest BCUT2D eigenvalue weighted by atomic mass is 10.0. The third-order valence-electron chi connectivity index (χ3n) is 3.67. The number of ether oxygens (including phenoxy) is 1. The first-order valence-electron chi connectivity index (χ1n) is 6.10.